The van der Waals surface area contributed by atoms with E-state index in [1.165, 1.54) is 28.7 Å². The van der Waals surface area contributed by atoms with Crippen LogP contribution < -0.4 is 4.90 Å². The van der Waals surface area contributed by atoms with Crippen molar-refractivity contribution in [2.75, 3.05) is 43.4 Å². The highest BCUT2D eigenvalue weighted by Gasteiger charge is 2.18. The molecule has 130 valence electrons. The van der Waals surface area contributed by atoms with Crippen LogP contribution in [0.15, 0.2) is 59.6 Å². The zero-order chi connectivity index (χ0) is 17.1. The van der Waals surface area contributed by atoms with E-state index in [1.54, 1.807) is 11.8 Å². The lowest BCUT2D eigenvalue weighted by atomic mass is 10.2. The van der Waals surface area contributed by atoms with E-state index < -0.39 is 0 Å². The first-order chi connectivity index (χ1) is 12.3. The van der Waals surface area contributed by atoms with E-state index in [0.29, 0.717) is 0 Å². The molecule has 25 heavy (non-hydrogen) atoms. The number of piperazine rings is 1. The summed E-state index contributed by atoms with van der Waals surface area (Å²) in [6.45, 7) is 5.37. The van der Waals surface area contributed by atoms with Crippen molar-refractivity contribution >= 4 is 28.4 Å². The predicted molar refractivity (Wildman–Crippen MR) is 104 cm³/mol. The summed E-state index contributed by atoms with van der Waals surface area (Å²) in [5.74, 6) is 0.872. The molecular weight excluding hydrogens is 333 g/mol. The summed E-state index contributed by atoms with van der Waals surface area (Å²) >= 11 is 1.80. The van der Waals surface area contributed by atoms with E-state index in [-0.39, 0.29) is 5.82 Å². The van der Waals surface area contributed by atoms with Gasteiger partial charge in [0, 0.05) is 66.2 Å². The van der Waals surface area contributed by atoms with Crippen LogP contribution in [0.3, 0.4) is 0 Å². The summed E-state index contributed by atoms with van der Waals surface area (Å²) < 4.78 is 12.9. The first-order valence-electron chi connectivity index (χ1n) is 8.71. The third-order valence-electron chi connectivity index (χ3n) is 4.77. The molecule has 1 N–H and O–H groups in total. The number of aromatic nitrogens is 1. The van der Waals surface area contributed by atoms with Gasteiger partial charge in [0.2, 0.25) is 0 Å². The number of thioether (sulfide) groups is 1. The molecule has 0 radical (unpaired) electrons. The molecule has 2 heterocycles. The topological polar surface area (TPSA) is 22.3 Å². The predicted octanol–water partition coefficient (Wildman–Crippen LogP) is 4.22. The maximum Gasteiger partial charge on any atom is 0.123 e. The zero-order valence-corrected chi connectivity index (χ0v) is 14.9. The number of hydrogen-bond acceptors (Lipinski definition) is 3. The molecule has 0 unspecified atom stereocenters. The minimum absolute atomic E-state index is 0.169. The number of aromatic amines is 1. The van der Waals surface area contributed by atoms with Crippen molar-refractivity contribution in [3.8, 4) is 0 Å². The van der Waals surface area contributed by atoms with Crippen LogP contribution in [-0.4, -0.2) is 48.4 Å². The third-order valence-corrected chi connectivity index (χ3v) is 5.77. The van der Waals surface area contributed by atoms with Crippen LogP contribution in [-0.2, 0) is 0 Å². The average Bonchev–Trinajstić information content (AvgIpc) is 3.13. The van der Waals surface area contributed by atoms with Crippen LogP contribution in [0, 0.1) is 5.82 Å². The molecule has 0 spiro atoms. The van der Waals surface area contributed by atoms with Gasteiger partial charge in [-0.05, 0) is 42.5 Å². The van der Waals surface area contributed by atoms with Gasteiger partial charge in [0.1, 0.15) is 5.82 Å². The molecule has 1 saturated heterocycles. The minimum atomic E-state index is -0.169. The number of nitrogens with zero attached hydrogens (tertiary/aromatic N) is 2. The lowest BCUT2D eigenvalue weighted by Crippen LogP contribution is -2.47. The van der Waals surface area contributed by atoms with Crippen molar-refractivity contribution in [1.82, 2.24) is 9.88 Å². The van der Waals surface area contributed by atoms with Crippen molar-refractivity contribution in [2.24, 2.45) is 0 Å². The number of rotatable bonds is 5. The Labute approximate surface area is 151 Å². The van der Waals surface area contributed by atoms with Crippen LogP contribution in [0.1, 0.15) is 0 Å². The first kappa shape index (κ1) is 16.5. The van der Waals surface area contributed by atoms with Gasteiger partial charge in [-0.25, -0.2) is 4.39 Å². The minimum Gasteiger partial charge on any atom is -0.368 e. The Kier molecular flexibility index (Phi) is 4.95. The molecule has 1 aliphatic rings. The van der Waals surface area contributed by atoms with Gasteiger partial charge < -0.3 is 9.88 Å². The van der Waals surface area contributed by atoms with Crippen LogP contribution >= 0.6 is 11.8 Å². The zero-order valence-electron chi connectivity index (χ0n) is 14.1. The van der Waals surface area contributed by atoms with Gasteiger partial charge in [-0.1, -0.05) is 6.07 Å². The van der Waals surface area contributed by atoms with Gasteiger partial charge in [0.05, 0.1) is 0 Å². The quantitative estimate of drug-likeness (QED) is 0.693. The van der Waals surface area contributed by atoms with Gasteiger partial charge in [-0.3, -0.25) is 4.90 Å². The van der Waals surface area contributed by atoms with Gasteiger partial charge in [-0.15, -0.1) is 11.8 Å². The number of nitrogens with one attached hydrogen (secondary N) is 1. The number of H-pyrrole nitrogens is 1. The second-order valence-corrected chi connectivity index (χ2v) is 7.52. The van der Waals surface area contributed by atoms with E-state index in [2.05, 4.69) is 39.0 Å². The molecule has 0 aliphatic carbocycles. The Bertz CT molecular complexity index is 822. The fraction of sp³-hybridized carbons (Fsp3) is 0.300. The molecule has 3 nitrogen and oxygen atoms in total. The number of benzene rings is 2. The Morgan fingerprint density at radius 3 is 2.56 bits per heavy atom. The summed E-state index contributed by atoms with van der Waals surface area (Å²) in [6, 6.07) is 15.4. The first-order valence-corrected chi connectivity index (χ1v) is 9.70. The van der Waals surface area contributed by atoms with E-state index >= 15 is 0 Å². The maximum absolute atomic E-state index is 12.9. The van der Waals surface area contributed by atoms with Gasteiger partial charge in [0.25, 0.3) is 0 Å². The fourth-order valence-electron chi connectivity index (χ4n) is 3.38. The normalized spacial score (nSPS) is 15.8. The van der Waals surface area contributed by atoms with Crippen molar-refractivity contribution in [1.29, 1.82) is 0 Å². The molecule has 3 aromatic rings. The highest BCUT2D eigenvalue weighted by atomic mass is 32.2. The highest BCUT2D eigenvalue weighted by Crippen LogP contribution is 2.27. The molecular formula is C20H22FN3S. The Balaban J connectivity index is 1.28. The van der Waals surface area contributed by atoms with Crippen molar-refractivity contribution in [3.63, 3.8) is 0 Å². The summed E-state index contributed by atoms with van der Waals surface area (Å²) in [5, 5.41) is 1.31. The second kappa shape index (κ2) is 7.50. The molecule has 4 rings (SSSR count). The summed E-state index contributed by atoms with van der Waals surface area (Å²) in [4.78, 5) is 9.43. The van der Waals surface area contributed by atoms with E-state index in [1.807, 2.05) is 18.3 Å². The number of hydrogen-bond donors (Lipinski definition) is 1. The van der Waals surface area contributed by atoms with Crippen molar-refractivity contribution < 1.29 is 4.39 Å². The fourth-order valence-corrected chi connectivity index (χ4v) is 4.29. The maximum atomic E-state index is 12.9. The molecule has 0 saturated carbocycles. The molecule has 1 fully saturated rings. The van der Waals surface area contributed by atoms with Crippen LogP contribution in [0.2, 0.25) is 0 Å². The standard InChI is InChI=1S/C20H22FN3S/c21-16-4-6-17(7-5-16)25-15-14-23-10-12-24(13-11-23)20-3-1-2-19-18(20)8-9-22-19/h1-9,22H,10-15H2. The highest BCUT2D eigenvalue weighted by molar-refractivity contribution is 7.99. The molecule has 0 amide bonds. The summed E-state index contributed by atoms with van der Waals surface area (Å²) in [6.07, 6.45) is 2.01. The molecule has 0 atom stereocenters. The Morgan fingerprint density at radius 2 is 1.76 bits per heavy atom. The average molecular weight is 355 g/mol. The van der Waals surface area contributed by atoms with E-state index in [4.69, 9.17) is 0 Å². The molecule has 2 aromatic carbocycles. The second-order valence-electron chi connectivity index (χ2n) is 6.35. The van der Waals surface area contributed by atoms with Gasteiger partial charge >= 0.3 is 0 Å². The van der Waals surface area contributed by atoms with Crippen LogP contribution in [0.5, 0.6) is 0 Å². The lowest BCUT2D eigenvalue weighted by molar-refractivity contribution is 0.273. The number of anilines is 1. The number of halogens is 1. The van der Waals surface area contributed by atoms with Crippen molar-refractivity contribution in [3.05, 3.63) is 60.5 Å². The van der Waals surface area contributed by atoms with Gasteiger partial charge in [0.15, 0.2) is 0 Å². The molecule has 1 aliphatic heterocycles. The van der Waals surface area contributed by atoms with Crippen LogP contribution in [0.25, 0.3) is 10.9 Å². The van der Waals surface area contributed by atoms with E-state index in [0.717, 1.165) is 43.4 Å². The SMILES string of the molecule is Fc1ccc(SCCN2CCN(c3cccc4[nH]ccc34)CC2)cc1. The lowest BCUT2D eigenvalue weighted by Gasteiger charge is -2.36. The largest absolute Gasteiger partial charge is 0.368 e. The molecule has 5 heteroatoms. The number of fused-ring (bicyclic) bond motifs is 1. The molecule has 0 bridgehead atoms. The monoisotopic (exact) mass is 355 g/mol. The third kappa shape index (κ3) is 3.83. The summed E-state index contributed by atoms with van der Waals surface area (Å²) in [5.41, 5.74) is 2.54. The Morgan fingerprint density at radius 1 is 0.960 bits per heavy atom. The summed E-state index contributed by atoms with van der Waals surface area (Å²) in [7, 11) is 0. The molecule has 1 aromatic heterocycles. The van der Waals surface area contributed by atoms with Gasteiger partial charge in [-0.2, -0.15) is 0 Å². The van der Waals surface area contributed by atoms with Crippen LogP contribution in [0.4, 0.5) is 10.1 Å². The van der Waals surface area contributed by atoms with Crippen molar-refractivity contribution in [2.45, 2.75) is 4.90 Å². The Hall–Kier alpha value is -1.98. The van der Waals surface area contributed by atoms with E-state index in [9.17, 15) is 4.39 Å². The smallest absolute Gasteiger partial charge is 0.123 e.